The van der Waals surface area contributed by atoms with E-state index in [1.165, 1.54) is 5.56 Å². The van der Waals surface area contributed by atoms with Gasteiger partial charge in [0.2, 0.25) is 0 Å². The van der Waals surface area contributed by atoms with Crippen LogP contribution in [0.5, 0.6) is 0 Å². The number of hydrogen-bond donors (Lipinski definition) is 3. The number of carbonyl (C=O) groups excluding carboxylic acids is 1. The summed E-state index contributed by atoms with van der Waals surface area (Å²) in [6.07, 6.45) is 2.10. The predicted octanol–water partition coefficient (Wildman–Crippen LogP) is 2.98. The van der Waals surface area contributed by atoms with Gasteiger partial charge in [-0.25, -0.2) is 0 Å². The molecule has 0 saturated heterocycles. The van der Waals surface area contributed by atoms with E-state index in [0.717, 1.165) is 32.5 Å². The van der Waals surface area contributed by atoms with Gasteiger partial charge in [0.25, 0.3) is 5.91 Å². The molecule has 0 saturated carbocycles. The maximum atomic E-state index is 12.1. The first-order valence-corrected chi connectivity index (χ1v) is 8.66. The quantitative estimate of drug-likeness (QED) is 0.530. The Kier molecular flexibility index (Phi) is 8.20. The molecule has 0 aliphatic carbocycles. The molecule has 1 aromatic carbocycles. The van der Waals surface area contributed by atoms with Crippen molar-refractivity contribution in [3.8, 4) is 0 Å². The molecule has 0 aromatic heterocycles. The fraction of sp³-hybridized carbons (Fsp3) is 0.556. The maximum Gasteiger partial charge on any atom is 0.257 e. The highest BCUT2D eigenvalue weighted by molar-refractivity contribution is 7.80. The monoisotopic (exact) mass is 335 g/mol. The lowest BCUT2D eigenvalue weighted by Gasteiger charge is -2.19. The van der Waals surface area contributed by atoms with Crippen LogP contribution in [0.4, 0.5) is 0 Å². The van der Waals surface area contributed by atoms with E-state index in [4.69, 9.17) is 12.2 Å². The molecule has 0 aliphatic heterocycles. The SMILES string of the molecule is CCCNCCCNC(=S)NC(=O)c1ccc(C(C)(C)C)cc1. The molecule has 0 atom stereocenters. The summed E-state index contributed by atoms with van der Waals surface area (Å²) in [6, 6.07) is 7.66. The fourth-order valence-electron chi connectivity index (χ4n) is 2.06. The van der Waals surface area contributed by atoms with E-state index in [2.05, 4.69) is 43.6 Å². The van der Waals surface area contributed by atoms with Gasteiger partial charge in [-0.1, -0.05) is 39.8 Å². The Morgan fingerprint density at radius 2 is 1.74 bits per heavy atom. The number of carbonyl (C=O) groups is 1. The molecule has 1 rings (SSSR count). The zero-order valence-corrected chi connectivity index (χ0v) is 15.5. The molecular formula is C18H29N3OS. The van der Waals surface area contributed by atoms with Crippen molar-refractivity contribution >= 4 is 23.2 Å². The average molecular weight is 336 g/mol. The van der Waals surface area contributed by atoms with Gasteiger partial charge in [0.1, 0.15) is 0 Å². The third-order valence-corrected chi connectivity index (χ3v) is 3.73. The molecule has 0 radical (unpaired) electrons. The zero-order chi connectivity index (χ0) is 17.3. The predicted molar refractivity (Wildman–Crippen MR) is 101 cm³/mol. The first kappa shape index (κ1) is 19.6. The number of rotatable bonds is 7. The van der Waals surface area contributed by atoms with Gasteiger partial charge in [0.15, 0.2) is 5.11 Å². The van der Waals surface area contributed by atoms with E-state index in [1.54, 1.807) is 0 Å². The van der Waals surface area contributed by atoms with Crippen molar-refractivity contribution < 1.29 is 4.79 Å². The molecular weight excluding hydrogens is 306 g/mol. The summed E-state index contributed by atoms with van der Waals surface area (Å²) in [7, 11) is 0. The highest BCUT2D eigenvalue weighted by Gasteiger charge is 2.14. The lowest BCUT2D eigenvalue weighted by Crippen LogP contribution is -2.40. The Morgan fingerprint density at radius 3 is 2.30 bits per heavy atom. The topological polar surface area (TPSA) is 53.2 Å². The smallest absolute Gasteiger partial charge is 0.257 e. The second kappa shape index (κ2) is 9.63. The third kappa shape index (κ3) is 7.57. The van der Waals surface area contributed by atoms with Crippen LogP contribution in [0.15, 0.2) is 24.3 Å². The number of amides is 1. The maximum absolute atomic E-state index is 12.1. The zero-order valence-electron chi connectivity index (χ0n) is 14.7. The van der Waals surface area contributed by atoms with Gasteiger partial charge >= 0.3 is 0 Å². The fourth-order valence-corrected chi connectivity index (χ4v) is 2.25. The first-order valence-electron chi connectivity index (χ1n) is 8.25. The molecule has 0 spiro atoms. The van der Waals surface area contributed by atoms with Gasteiger partial charge in [-0.15, -0.1) is 0 Å². The van der Waals surface area contributed by atoms with Crippen molar-refractivity contribution in [3.05, 3.63) is 35.4 Å². The van der Waals surface area contributed by atoms with E-state index >= 15 is 0 Å². The molecule has 4 nitrogen and oxygen atoms in total. The number of thiocarbonyl (C=S) groups is 1. The summed E-state index contributed by atoms with van der Waals surface area (Å²) in [5, 5.41) is 9.47. The van der Waals surface area contributed by atoms with Crippen LogP contribution < -0.4 is 16.0 Å². The molecule has 1 aromatic rings. The number of hydrogen-bond acceptors (Lipinski definition) is 3. The summed E-state index contributed by atoms with van der Waals surface area (Å²) < 4.78 is 0. The van der Waals surface area contributed by atoms with Gasteiger partial charge in [-0.05, 0) is 61.3 Å². The lowest BCUT2D eigenvalue weighted by atomic mass is 9.87. The highest BCUT2D eigenvalue weighted by atomic mass is 32.1. The molecule has 3 N–H and O–H groups in total. The summed E-state index contributed by atoms with van der Waals surface area (Å²) >= 11 is 5.15. The van der Waals surface area contributed by atoms with Gasteiger partial charge in [0, 0.05) is 12.1 Å². The Labute approximate surface area is 145 Å². The minimum Gasteiger partial charge on any atom is -0.362 e. The highest BCUT2D eigenvalue weighted by Crippen LogP contribution is 2.22. The molecule has 0 bridgehead atoms. The van der Waals surface area contributed by atoms with E-state index in [1.807, 2.05) is 24.3 Å². The van der Waals surface area contributed by atoms with Gasteiger partial charge in [-0.2, -0.15) is 0 Å². The summed E-state index contributed by atoms with van der Waals surface area (Å²) in [5.41, 5.74) is 1.90. The van der Waals surface area contributed by atoms with Crippen molar-refractivity contribution in [2.24, 2.45) is 0 Å². The normalized spacial score (nSPS) is 11.1. The van der Waals surface area contributed by atoms with Crippen LogP contribution in [0.25, 0.3) is 0 Å². The van der Waals surface area contributed by atoms with Gasteiger partial charge in [-0.3, -0.25) is 10.1 Å². The molecule has 0 unspecified atom stereocenters. The molecule has 1 amide bonds. The Balaban J connectivity index is 2.36. The number of nitrogens with one attached hydrogen (secondary N) is 3. The second-order valence-electron chi connectivity index (χ2n) is 6.64. The first-order chi connectivity index (χ1) is 10.8. The lowest BCUT2D eigenvalue weighted by molar-refractivity contribution is 0.0976. The van der Waals surface area contributed by atoms with Crippen LogP contribution in [0.2, 0.25) is 0 Å². The van der Waals surface area contributed by atoms with Crippen molar-refractivity contribution in [1.29, 1.82) is 0 Å². The second-order valence-corrected chi connectivity index (χ2v) is 7.05. The summed E-state index contributed by atoms with van der Waals surface area (Å²) in [5.74, 6) is -0.174. The van der Waals surface area contributed by atoms with Crippen molar-refractivity contribution in [3.63, 3.8) is 0 Å². The molecule has 0 heterocycles. The van der Waals surface area contributed by atoms with Crippen molar-refractivity contribution in [1.82, 2.24) is 16.0 Å². The van der Waals surface area contributed by atoms with E-state index < -0.39 is 0 Å². The number of benzene rings is 1. The molecule has 0 fully saturated rings. The third-order valence-electron chi connectivity index (χ3n) is 3.48. The summed E-state index contributed by atoms with van der Waals surface area (Å²) in [6.45, 7) is 11.3. The van der Waals surface area contributed by atoms with Crippen LogP contribution in [0, 0.1) is 0 Å². The largest absolute Gasteiger partial charge is 0.362 e. The summed E-state index contributed by atoms with van der Waals surface area (Å²) in [4.78, 5) is 12.1. The van der Waals surface area contributed by atoms with Crippen LogP contribution in [-0.2, 0) is 5.41 Å². The van der Waals surface area contributed by atoms with E-state index in [9.17, 15) is 4.79 Å². The van der Waals surface area contributed by atoms with Gasteiger partial charge < -0.3 is 10.6 Å². The van der Waals surface area contributed by atoms with Crippen molar-refractivity contribution in [2.75, 3.05) is 19.6 Å². The molecule has 5 heteroatoms. The van der Waals surface area contributed by atoms with E-state index in [0.29, 0.717) is 10.7 Å². The van der Waals surface area contributed by atoms with Crippen LogP contribution >= 0.6 is 12.2 Å². The van der Waals surface area contributed by atoms with Crippen molar-refractivity contribution in [2.45, 2.75) is 46.0 Å². The minimum atomic E-state index is -0.174. The Hall–Kier alpha value is -1.46. The molecule has 23 heavy (non-hydrogen) atoms. The van der Waals surface area contributed by atoms with E-state index in [-0.39, 0.29) is 11.3 Å². The van der Waals surface area contributed by atoms with Crippen LogP contribution in [-0.4, -0.2) is 30.7 Å². The average Bonchev–Trinajstić information content (AvgIpc) is 2.50. The minimum absolute atomic E-state index is 0.0810. The van der Waals surface area contributed by atoms with Crippen LogP contribution in [0.1, 0.15) is 56.5 Å². The molecule has 128 valence electrons. The molecule has 0 aliphatic rings. The Morgan fingerprint density at radius 1 is 1.09 bits per heavy atom. The standard InChI is InChI=1S/C18H29N3OS/c1-5-11-19-12-6-13-20-17(23)21-16(22)14-7-9-15(10-8-14)18(2,3)4/h7-10,19H,5-6,11-13H2,1-4H3,(H2,20,21,22,23). The van der Waals surface area contributed by atoms with Crippen LogP contribution in [0.3, 0.4) is 0 Å². The Bertz CT molecular complexity index is 506. The van der Waals surface area contributed by atoms with Gasteiger partial charge in [0.05, 0.1) is 0 Å².